The Morgan fingerprint density at radius 2 is 1.76 bits per heavy atom. The first kappa shape index (κ1) is 22.3. The molecule has 0 bridgehead atoms. The Hall–Kier alpha value is -3.94. The average Bonchev–Trinajstić information content (AvgIpc) is 2.86. The zero-order valence-electron chi connectivity index (χ0n) is 18.3. The van der Waals surface area contributed by atoms with Gasteiger partial charge in [0.2, 0.25) is 5.91 Å². The van der Waals surface area contributed by atoms with E-state index in [1.807, 2.05) is 12.1 Å². The SMILES string of the molecule is COc1ccccc1NC(=O)c1ccnc(N2CCC(C(=O)Nc3ccc(F)cc3)CC2)c1. The van der Waals surface area contributed by atoms with E-state index in [-0.39, 0.29) is 23.5 Å². The number of halogens is 1. The third kappa shape index (κ3) is 5.46. The number of carbonyl (C=O) groups is 2. The number of rotatable bonds is 6. The van der Waals surface area contributed by atoms with Crippen LogP contribution < -0.4 is 20.3 Å². The fraction of sp³-hybridized carbons (Fsp3) is 0.240. The van der Waals surface area contributed by atoms with Gasteiger partial charge in [-0.25, -0.2) is 9.37 Å². The lowest BCUT2D eigenvalue weighted by atomic mass is 9.95. The maximum Gasteiger partial charge on any atom is 0.255 e. The van der Waals surface area contributed by atoms with Gasteiger partial charge in [0.1, 0.15) is 17.4 Å². The van der Waals surface area contributed by atoms with Crippen molar-refractivity contribution in [2.45, 2.75) is 12.8 Å². The van der Waals surface area contributed by atoms with Crippen molar-refractivity contribution >= 4 is 29.0 Å². The number of carbonyl (C=O) groups excluding carboxylic acids is 2. The van der Waals surface area contributed by atoms with Crippen molar-refractivity contribution in [3.63, 3.8) is 0 Å². The Kier molecular flexibility index (Phi) is 6.83. The normalized spacial score (nSPS) is 13.9. The second kappa shape index (κ2) is 10.1. The zero-order chi connectivity index (χ0) is 23.2. The quantitative estimate of drug-likeness (QED) is 0.586. The summed E-state index contributed by atoms with van der Waals surface area (Å²) in [4.78, 5) is 31.8. The molecule has 2 amide bonds. The van der Waals surface area contributed by atoms with Crippen molar-refractivity contribution in [1.82, 2.24) is 4.98 Å². The second-order valence-electron chi connectivity index (χ2n) is 7.81. The molecule has 0 atom stereocenters. The fourth-order valence-electron chi connectivity index (χ4n) is 3.82. The van der Waals surface area contributed by atoms with Gasteiger partial charge in [-0.2, -0.15) is 0 Å². The standard InChI is InChI=1S/C25H25FN4O3/c1-33-22-5-3-2-4-21(22)29-25(32)18-10-13-27-23(16-18)30-14-11-17(12-15-30)24(31)28-20-8-6-19(26)7-9-20/h2-10,13,16-17H,11-12,14-15H2,1H3,(H,28,31)(H,29,32). The van der Waals surface area contributed by atoms with Crippen LogP contribution in [0.1, 0.15) is 23.2 Å². The van der Waals surface area contributed by atoms with E-state index in [0.717, 1.165) is 0 Å². The van der Waals surface area contributed by atoms with Crippen LogP contribution in [0.15, 0.2) is 66.9 Å². The van der Waals surface area contributed by atoms with E-state index < -0.39 is 0 Å². The molecule has 1 saturated heterocycles. The van der Waals surface area contributed by atoms with E-state index >= 15 is 0 Å². The lowest BCUT2D eigenvalue weighted by Crippen LogP contribution is -2.38. The van der Waals surface area contributed by atoms with E-state index in [2.05, 4.69) is 20.5 Å². The minimum Gasteiger partial charge on any atom is -0.495 e. The smallest absolute Gasteiger partial charge is 0.255 e. The van der Waals surface area contributed by atoms with Gasteiger partial charge in [0.15, 0.2) is 0 Å². The average molecular weight is 448 g/mol. The Morgan fingerprint density at radius 1 is 1.03 bits per heavy atom. The molecule has 0 spiro atoms. The van der Waals surface area contributed by atoms with Crippen molar-refractivity contribution in [1.29, 1.82) is 0 Å². The summed E-state index contributed by atoms with van der Waals surface area (Å²) in [6, 6.07) is 16.4. The van der Waals surface area contributed by atoms with E-state index in [9.17, 15) is 14.0 Å². The molecule has 1 aliphatic rings. The molecular formula is C25H25FN4O3. The summed E-state index contributed by atoms with van der Waals surface area (Å²) in [5.41, 5.74) is 1.66. The minimum atomic E-state index is -0.340. The number of piperidine rings is 1. The van der Waals surface area contributed by atoms with E-state index in [0.29, 0.717) is 54.4 Å². The molecule has 0 saturated carbocycles. The molecule has 7 nitrogen and oxygen atoms in total. The number of hydrogen-bond acceptors (Lipinski definition) is 5. The summed E-state index contributed by atoms with van der Waals surface area (Å²) >= 11 is 0. The summed E-state index contributed by atoms with van der Waals surface area (Å²) in [5, 5.41) is 5.72. The van der Waals surface area contributed by atoms with E-state index in [4.69, 9.17) is 4.74 Å². The van der Waals surface area contributed by atoms with Gasteiger partial charge in [-0.3, -0.25) is 9.59 Å². The van der Waals surface area contributed by atoms with Gasteiger partial charge < -0.3 is 20.3 Å². The van der Waals surface area contributed by atoms with Crippen LogP contribution in [0.4, 0.5) is 21.6 Å². The number of pyridine rings is 1. The number of para-hydroxylation sites is 2. The molecule has 1 fully saturated rings. The van der Waals surface area contributed by atoms with Crippen LogP contribution in [-0.4, -0.2) is 37.0 Å². The van der Waals surface area contributed by atoms with Crippen LogP contribution >= 0.6 is 0 Å². The summed E-state index contributed by atoms with van der Waals surface area (Å²) in [6.07, 6.45) is 2.93. The third-order valence-electron chi connectivity index (χ3n) is 5.66. The molecule has 4 rings (SSSR count). The van der Waals surface area contributed by atoms with Gasteiger partial charge in [0, 0.05) is 36.5 Å². The highest BCUT2D eigenvalue weighted by molar-refractivity contribution is 6.05. The van der Waals surface area contributed by atoms with Crippen LogP contribution in [0.2, 0.25) is 0 Å². The third-order valence-corrected chi connectivity index (χ3v) is 5.66. The molecule has 1 aromatic heterocycles. The van der Waals surface area contributed by atoms with Crippen molar-refractivity contribution in [3.8, 4) is 5.75 Å². The van der Waals surface area contributed by atoms with Crippen LogP contribution in [-0.2, 0) is 4.79 Å². The number of nitrogens with one attached hydrogen (secondary N) is 2. The predicted molar refractivity (Wildman–Crippen MR) is 125 cm³/mol. The zero-order valence-corrected chi connectivity index (χ0v) is 18.3. The molecule has 0 radical (unpaired) electrons. The number of amides is 2. The number of benzene rings is 2. The highest BCUT2D eigenvalue weighted by Gasteiger charge is 2.26. The summed E-state index contributed by atoms with van der Waals surface area (Å²) in [5.74, 6) is 0.480. The monoisotopic (exact) mass is 448 g/mol. The molecule has 170 valence electrons. The molecule has 0 unspecified atom stereocenters. The fourth-order valence-corrected chi connectivity index (χ4v) is 3.82. The number of anilines is 3. The number of nitrogens with zero attached hydrogens (tertiary/aromatic N) is 2. The Bertz CT molecular complexity index is 1130. The van der Waals surface area contributed by atoms with Gasteiger partial charge in [0.25, 0.3) is 5.91 Å². The topological polar surface area (TPSA) is 83.6 Å². The highest BCUT2D eigenvalue weighted by Crippen LogP contribution is 2.26. The van der Waals surface area contributed by atoms with Gasteiger partial charge >= 0.3 is 0 Å². The molecule has 3 aromatic rings. The molecule has 8 heteroatoms. The van der Waals surface area contributed by atoms with Crippen molar-refractivity contribution < 1.29 is 18.7 Å². The minimum absolute atomic E-state index is 0.0702. The number of hydrogen-bond donors (Lipinski definition) is 2. The lowest BCUT2D eigenvalue weighted by molar-refractivity contribution is -0.120. The van der Waals surface area contributed by atoms with Gasteiger partial charge in [-0.1, -0.05) is 12.1 Å². The number of aromatic nitrogens is 1. The summed E-state index contributed by atoms with van der Waals surface area (Å²) < 4.78 is 18.3. The van der Waals surface area contributed by atoms with Crippen molar-refractivity contribution in [3.05, 3.63) is 78.2 Å². The largest absolute Gasteiger partial charge is 0.495 e. The molecule has 2 N–H and O–H groups in total. The van der Waals surface area contributed by atoms with E-state index in [1.165, 1.54) is 12.1 Å². The van der Waals surface area contributed by atoms with Crippen molar-refractivity contribution in [2.24, 2.45) is 5.92 Å². The molecule has 1 aliphatic heterocycles. The van der Waals surface area contributed by atoms with Crippen LogP contribution in [0.5, 0.6) is 5.75 Å². The Morgan fingerprint density at radius 3 is 2.48 bits per heavy atom. The first-order valence-corrected chi connectivity index (χ1v) is 10.8. The predicted octanol–water partition coefficient (Wildman–Crippen LogP) is 4.34. The molecule has 33 heavy (non-hydrogen) atoms. The number of methoxy groups -OCH3 is 1. The molecule has 2 heterocycles. The first-order chi connectivity index (χ1) is 16.0. The highest BCUT2D eigenvalue weighted by atomic mass is 19.1. The molecule has 2 aromatic carbocycles. The van der Waals surface area contributed by atoms with Crippen LogP contribution in [0.3, 0.4) is 0 Å². The van der Waals surface area contributed by atoms with Crippen molar-refractivity contribution in [2.75, 3.05) is 35.7 Å². The summed E-state index contributed by atoms with van der Waals surface area (Å²) in [6.45, 7) is 1.29. The Balaban J connectivity index is 1.36. The maximum absolute atomic E-state index is 13.0. The van der Waals surface area contributed by atoms with Gasteiger partial charge in [-0.15, -0.1) is 0 Å². The first-order valence-electron chi connectivity index (χ1n) is 10.8. The van der Waals surface area contributed by atoms with E-state index in [1.54, 1.807) is 49.7 Å². The maximum atomic E-state index is 13.0. The van der Waals surface area contributed by atoms with Gasteiger partial charge in [-0.05, 0) is 61.4 Å². The molecular weight excluding hydrogens is 423 g/mol. The van der Waals surface area contributed by atoms with Crippen LogP contribution in [0.25, 0.3) is 0 Å². The Labute approximate surface area is 191 Å². The van der Waals surface area contributed by atoms with Crippen LogP contribution in [0, 0.1) is 11.7 Å². The lowest BCUT2D eigenvalue weighted by Gasteiger charge is -2.32. The van der Waals surface area contributed by atoms with Gasteiger partial charge in [0.05, 0.1) is 12.8 Å². The second-order valence-corrected chi connectivity index (χ2v) is 7.81. The molecule has 0 aliphatic carbocycles. The summed E-state index contributed by atoms with van der Waals surface area (Å²) in [7, 11) is 1.55. The number of ether oxygens (including phenoxy) is 1.